The molecule has 0 radical (unpaired) electrons. The van der Waals surface area contributed by atoms with Crippen LogP contribution in [0.4, 0.5) is 0 Å². The number of benzene rings is 1. The molecule has 1 amide bonds. The minimum absolute atomic E-state index is 0.00434. The lowest BCUT2D eigenvalue weighted by atomic mass is 9.84. The Balaban J connectivity index is 1.83. The number of carbonyl (C=O) groups excluding carboxylic acids is 1. The summed E-state index contributed by atoms with van der Waals surface area (Å²) < 4.78 is 6.01. The van der Waals surface area contributed by atoms with Crippen LogP contribution < -0.4 is 10.1 Å². The lowest BCUT2D eigenvalue weighted by Gasteiger charge is -2.43. The van der Waals surface area contributed by atoms with Crippen molar-refractivity contribution in [1.82, 2.24) is 5.32 Å². The van der Waals surface area contributed by atoms with E-state index in [2.05, 4.69) is 11.4 Å². The van der Waals surface area contributed by atoms with Gasteiger partial charge in [-0.15, -0.1) is 0 Å². The molecule has 1 heterocycles. The molecule has 2 N–H and O–H groups in total. The molecule has 2 atom stereocenters. The quantitative estimate of drug-likeness (QED) is 0.874. The lowest BCUT2D eigenvalue weighted by molar-refractivity contribution is -0.131. The molecule has 1 aromatic carbocycles. The van der Waals surface area contributed by atoms with Crippen LogP contribution in [0.25, 0.3) is 0 Å². The standard InChI is InChI=1S/C19H24N2O3/c1-19(2)17(21-18(23)13-6-4-3-5-7-13)16(22)14-10-12(11-20)8-9-15(14)24-19/h8-10,13,16-17,22H,3-7H2,1-2H3,(H,21,23)/t16?,17-/m0/s1. The first kappa shape index (κ1) is 16.8. The Bertz CT molecular complexity index is 672. The van der Waals surface area contributed by atoms with Crippen molar-refractivity contribution >= 4 is 5.91 Å². The van der Waals surface area contributed by atoms with Crippen LogP contribution in [-0.2, 0) is 4.79 Å². The first-order chi connectivity index (χ1) is 11.4. The van der Waals surface area contributed by atoms with Gasteiger partial charge in [0.05, 0.1) is 17.7 Å². The number of hydrogen-bond acceptors (Lipinski definition) is 4. The van der Waals surface area contributed by atoms with Crippen LogP contribution >= 0.6 is 0 Å². The first-order valence-electron chi connectivity index (χ1n) is 8.64. The monoisotopic (exact) mass is 328 g/mol. The Morgan fingerprint density at radius 1 is 1.33 bits per heavy atom. The average molecular weight is 328 g/mol. The van der Waals surface area contributed by atoms with Crippen LogP contribution in [0.2, 0.25) is 0 Å². The molecule has 1 aliphatic heterocycles. The van der Waals surface area contributed by atoms with Crippen LogP contribution in [0.5, 0.6) is 5.75 Å². The highest BCUT2D eigenvalue weighted by Crippen LogP contribution is 2.40. The Morgan fingerprint density at radius 3 is 2.71 bits per heavy atom. The summed E-state index contributed by atoms with van der Waals surface area (Å²) in [4.78, 5) is 12.6. The van der Waals surface area contributed by atoms with Gasteiger partial charge in [0.15, 0.2) is 0 Å². The zero-order valence-corrected chi connectivity index (χ0v) is 14.2. The molecule has 24 heavy (non-hydrogen) atoms. The second-order valence-electron chi connectivity index (χ2n) is 7.34. The summed E-state index contributed by atoms with van der Waals surface area (Å²) in [6.07, 6.45) is 4.27. The third-order valence-corrected chi connectivity index (χ3v) is 5.17. The maximum atomic E-state index is 12.6. The number of carbonyl (C=O) groups is 1. The van der Waals surface area contributed by atoms with E-state index in [-0.39, 0.29) is 11.8 Å². The maximum Gasteiger partial charge on any atom is 0.223 e. The van der Waals surface area contributed by atoms with Crippen molar-refractivity contribution in [3.8, 4) is 11.8 Å². The van der Waals surface area contributed by atoms with Gasteiger partial charge in [-0.05, 0) is 44.9 Å². The van der Waals surface area contributed by atoms with Gasteiger partial charge in [-0.3, -0.25) is 4.79 Å². The lowest BCUT2D eigenvalue weighted by Crippen LogP contribution is -2.58. The molecule has 1 aliphatic carbocycles. The third-order valence-electron chi connectivity index (χ3n) is 5.17. The summed E-state index contributed by atoms with van der Waals surface area (Å²) in [5, 5.41) is 22.9. The minimum Gasteiger partial charge on any atom is -0.485 e. The van der Waals surface area contributed by atoms with Crippen LogP contribution in [0.1, 0.15) is 63.2 Å². The molecule has 1 unspecified atom stereocenters. The molecule has 0 bridgehead atoms. The largest absolute Gasteiger partial charge is 0.485 e. The smallest absolute Gasteiger partial charge is 0.223 e. The summed E-state index contributed by atoms with van der Waals surface area (Å²) in [5.41, 5.74) is 0.293. The van der Waals surface area contributed by atoms with E-state index in [4.69, 9.17) is 10.00 Å². The number of aliphatic hydroxyl groups excluding tert-OH is 1. The molecular weight excluding hydrogens is 304 g/mol. The number of nitrogens with zero attached hydrogens (tertiary/aromatic N) is 1. The Morgan fingerprint density at radius 2 is 2.04 bits per heavy atom. The van der Waals surface area contributed by atoms with Crippen LogP contribution in [0.15, 0.2) is 18.2 Å². The first-order valence-corrected chi connectivity index (χ1v) is 8.64. The molecule has 5 heteroatoms. The summed E-state index contributed by atoms with van der Waals surface area (Å²) in [7, 11) is 0. The van der Waals surface area contributed by atoms with Crippen molar-refractivity contribution in [3.05, 3.63) is 29.3 Å². The van der Waals surface area contributed by atoms with E-state index in [1.165, 1.54) is 6.42 Å². The van der Waals surface area contributed by atoms with Gasteiger partial charge in [-0.25, -0.2) is 0 Å². The minimum atomic E-state index is -0.899. The zero-order chi connectivity index (χ0) is 17.3. The second kappa shape index (κ2) is 6.45. The molecule has 0 aromatic heterocycles. The van der Waals surface area contributed by atoms with Crippen molar-refractivity contribution in [2.45, 2.75) is 63.7 Å². The molecule has 128 valence electrons. The molecule has 3 rings (SSSR count). The van der Waals surface area contributed by atoms with E-state index in [9.17, 15) is 9.90 Å². The molecule has 0 spiro atoms. The van der Waals surface area contributed by atoms with Crippen molar-refractivity contribution in [1.29, 1.82) is 5.26 Å². The molecule has 2 aliphatic rings. The molecule has 5 nitrogen and oxygen atoms in total. The van der Waals surface area contributed by atoms with Gasteiger partial charge in [0, 0.05) is 11.5 Å². The van der Waals surface area contributed by atoms with Crippen LogP contribution in [0.3, 0.4) is 0 Å². The van der Waals surface area contributed by atoms with Crippen molar-refractivity contribution in [2.24, 2.45) is 5.92 Å². The van der Waals surface area contributed by atoms with Gasteiger partial charge in [0.2, 0.25) is 5.91 Å². The molecule has 1 aromatic rings. The molecule has 1 fully saturated rings. The number of amides is 1. The highest BCUT2D eigenvalue weighted by atomic mass is 16.5. The normalized spacial score (nSPS) is 25.9. The average Bonchev–Trinajstić information content (AvgIpc) is 2.58. The Kier molecular flexibility index (Phi) is 4.51. The predicted molar refractivity (Wildman–Crippen MR) is 89.3 cm³/mol. The highest BCUT2D eigenvalue weighted by molar-refractivity contribution is 5.79. The van der Waals surface area contributed by atoms with Crippen LogP contribution in [0, 0.1) is 17.2 Å². The van der Waals surface area contributed by atoms with E-state index < -0.39 is 17.7 Å². The Hall–Kier alpha value is -2.06. The topological polar surface area (TPSA) is 82.3 Å². The maximum absolute atomic E-state index is 12.6. The van der Waals surface area contributed by atoms with E-state index in [0.29, 0.717) is 16.9 Å². The number of hydrogen-bond donors (Lipinski definition) is 2. The fourth-order valence-corrected chi connectivity index (χ4v) is 3.74. The van der Waals surface area contributed by atoms with E-state index >= 15 is 0 Å². The van der Waals surface area contributed by atoms with Gasteiger partial charge in [-0.2, -0.15) is 5.26 Å². The zero-order valence-electron chi connectivity index (χ0n) is 14.2. The number of rotatable bonds is 2. The number of ether oxygens (including phenoxy) is 1. The molecule has 1 saturated carbocycles. The van der Waals surface area contributed by atoms with Gasteiger partial charge in [0.25, 0.3) is 0 Å². The van der Waals surface area contributed by atoms with Gasteiger partial charge in [0.1, 0.15) is 17.5 Å². The number of nitrogens with one attached hydrogen (secondary N) is 1. The summed E-state index contributed by atoms with van der Waals surface area (Å²) in [5.74, 6) is 0.582. The number of fused-ring (bicyclic) bond motifs is 1. The summed E-state index contributed by atoms with van der Waals surface area (Å²) in [6, 6.07) is 6.53. The fraction of sp³-hybridized carbons (Fsp3) is 0.579. The SMILES string of the molecule is CC1(C)Oc2ccc(C#N)cc2C(O)[C@@H]1NC(=O)C1CCCCC1. The fourth-order valence-electron chi connectivity index (χ4n) is 3.74. The van der Waals surface area contributed by atoms with Crippen molar-refractivity contribution < 1.29 is 14.6 Å². The highest BCUT2D eigenvalue weighted by Gasteiger charge is 2.44. The predicted octanol–water partition coefficient (Wildman–Crippen LogP) is 2.83. The summed E-state index contributed by atoms with van der Waals surface area (Å²) >= 11 is 0. The van der Waals surface area contributed by atoms with E-state index in [0.717, 1.165) is 25.7 Å². The van der Waals surface area contributed by atoms with Crippen molar-refractivity contribution in [2.75, 3.05) is 0 Å². The third kappa shape index (κ3) is 3.11. The second-order valence-corrected chi connectivity index (χ2v) is 7.34. The van der Waals surface area contributed by atoms with Crippen molar-refractivity contribution in [3.63, 3.8) is 0 Å². The summed E-state index contributed by atoms with van der Waals surface area (Å²) in [6.45, 7) is 3.73. The molecule has 0 saturated heterocycles. The molecular formula is C19H24N2O3. The van der Waals surface area contributed by atoms with Crippen LogP contribution in [-0.4, -0.2) is 22.7 Å². The van der Waals surface area contributed by atoms with E-state index in [1.807, 2.05) is 13.8 Å². The van der Waals surface area contributed by atoms with Gasteiger partial charge in [-0.1, -0.05) is 19.3 Å². The number of nitriles is 1. The Labute approximate surface area is 142 Å². The van der Waals surface area contributed by atoms with E-state index in [1.54, 1.807) is 18.2 Å². The van der Waals surface area contributed by atoms with Gasteiger partial charge < -0.3 is 15.2 Å². The van der Waals surface area contributed by atoms with Gasteiger partial charge >= 0.3 is 0 Å². The number of aliphatic hydroxyl groups is 1.